The summed E-state index contributed by atoms with van der Waals surface area (Å²) in [6, 6.07) is 0. The van der Waals surface area contributed by atoms with Crippen molar-refractivity contribution in [1.82, 2.24) is 5.32 Å². The lowest BCUT2D eigenvalue weighted by Crippen LogP contribution is -2.54. The molecule has 17 heavy (non-hydrogen) atoms. The van der Waals surface area contributed by atoms with E-state index in [0.717, 1.165) is 38.8 Å². The molecule has 7 heteroatoms. The SMILES string of the molecule is O=C(O)C(F)(F)F.O=C1CCC2(CC1)CNC2. The van der Waals surface area contributed by atoms with Gasteiger partial charge in [0.2, 0.25) is 0 Å². The first-order valence-electron chi connectivity index (χ1n) is 5.28. The summed E-state index contributed by atoms with van der Waals surface area (Å²) in [7, 11) is 0. The van der Waals surface area contributed by atoms with Crippen molar-refractivity contribution in [3.8, 4) is 0 Å². The van der Waals surface area contributed by atoms with Crippen LogP contribution < -0.4 is 5.32 Å². The van der Waals surface area contributed by atoms with E-state index in [1.54, 1.807) is 0 Å². The van der Waals surface area contributed by atoms with Gasteiger partial charge in [0.05, 0.1) is 0 Å². The van der Waals surface area contributed by atoms with Gasteiger partial charge >= 0.3 is 12.1 Å². The van der Waals surface area contributed by atoms with Crippen LogP contribution in [0.1, 0.15) is 25.7 Å². The molecule has 0 aromatic carbocycles. The molecule has 2 N–H and O–H groups in total. The van der Waals surface area contributed by atoms with E-state index < -0.39 is 12.1 Å². The lowest BCUT2D eigenvalue weighted by atomic mass is 9.70. The molecule has 1 saturated heterocycles. The fourth-order valence-electron chi connectivity index (χ4n) is 1.89. The number of hydrogen-bond acceptors (Lipinski definition) is 3. The number of carboxylic acid groups (broad SMARTS) is 1. The van der Waals surface area contributed by atoms with Gasteiger partial charge in [-0.15, -0.1) is 0 Å². The number of ketones is 1. The second-order valence-electron chi connectivity index (χ2n) is 4.45. The van der Waals surface area contributed by atoms with Crippen molar-refractivity contribution in [2.75, 3.05) is 13.1 Å². The maximum atomic E-state index is 10.9. The third-order valence-electron chi connectivity index (χ3n) is 3.11. The molecule has 1 saturated carbocycles. The van der Waals surface area contributed by atoms with Gasteiger partial charge in [0.25, 0.3) is 0 Å². The molecule has 0 atom stereocenters. The zero-order valence-corrected chi connectivity index (χ0v) is 9.14. The van der Waals surface area contributed by atoms with Crippen molar-refractivity contribution < 1.29 is 27.9 Å². The maximum Gasteiger partial charge on any atom is 0.490 e. The third-order valence-corrected chi connectivity index (χ3v) is 3.11. The van der Waals surface area contributed by atoms with E-state index in [4.69, 9.17) is 9.90 Å². The fourth-order valence-corrected chi connectivity index (χ4v) is 1.89. The van der Waals surface area contributed by atoms with Crippen molar-refractivity contribution in [3.63, 3.8) is 0 Å². The van der Waals surface area contributed by atoms with Crippen LogP contribution in [0, 0.1) is 5.41 Å². The van der Waals surface area contributed by atoms with Crippen LogP contribution in [0.25, 0.3) is 0 Å². The van der Waals surface area contributed by atoms with Crippen molar-refractivity contribution in [1.29, 1.82) is 0 Å². The number of rotatable bonds is 0. The van der Waals surface area contributed by atoms with Gasteiger partial charge in [-0.2, -0.15) is 13.2 Å². The lowest BCUT2D eigenvalue weighted by molar-refractivity contribution is -0.192. The summed E-state index contributed by atoms with van der Waals surface area (Å²) in [6.07, 6.45) is -1.14. The van der Waals surface area contributed by atoms with Gasteiger partial charge in [0.1, 0.15) is 5.78 Å². The second kappa shape index (κ2) is 5.03. The first-order valence-corrected chi connectivity index (χ1v) is 5.28. The van der Waals surface area contributed by atoms with Crippen LogP contribution in [0.3, 0.4) is 0 Å². The number of Topliss-reactive ketones (excluding diaryl/α,β-unsaturated/α-hetero) is 1. The predicted octanol–water partition coefficient (Wildman–Crippen LogP) is 1.35. The molecule has 2 aliphatic rings. The van der Waals surface area contributed by atoms with Crippen LogP contribution in [-0.4, -0.2) is 36.1 Å². The quantitative estimate of drug-likeness (QED) is 0.684. The van der Waals surface area contributed by atoms with Gasteiger partial charge in [0.15, 0.2) is 0 Å². The maximum absolute atomic E-state index is 10.9. The Balaban J connectivity index is 0.000000185. The summed E-state index contributed by atoms with van der Waals surface area (Å²) >= 11 is 0. The molecule has 2 fully saturated rings. The van der Waals surface area contributed by atoms with E-state index in [1.165, 1.54) is 0 Å². The molecule has 0 amide bonds. The Morgan fingerprint density at radius 3 is 1.88 bits per heavy atom. The van der Waals surface area contributed by atoms with Crippen LogP contribution in [-0.2, 0) is 9.59 Å². The minimum absolute atomic E-state index is 0.470. The topological polar surface area (TPSA) is 66.4 Å². The molecule has 0 unspecified atom stereocenters. The smallest absolute Gasteiger partial charge is 0.475 e. The highest BCUT2D eigenvalue weighted by Gasteiger charge is 2.39. The summed E-state index contributed by atoms with van der Waals surface area (Å²) in [5.74, 6) is -2.29. The zero-order chi connectivity index (χ0) is 13.1. The van der Waals surface area contributed by atoms with Crippen LogP contribution in [0.5, 0.6) is 0 Å². The molecule has 1 spiro atoms. The average molecular weight is 253 g/mol. The number of alkyl halides is 3. The Hall–Kier alpha value is -1.11. The highest BCUT2D eigenvalue weighted by Crippen LogP contribution is 2.37. The van der Waals surface area contributed by atoms with Crippen molar-refractivity contribution >= 4 is 11.8 Å². The van der Waals surface area contributed by atoms with E-state index in [1.807, 2.05) is 0 Å². The van der Waals surface area contributed by atoms with Gasteiger partial charge in [-0.3, -0.25) is 4.79 Å². The highest BCUT2D eigenvalue weighted by atomic mass is 19.4. The molecule has 1 aliphatic carbocycles. The zero-order valence-electron chi connectivity index (χ0n) is 9.14. The van der Waals surface area contributed by atoms with Crippen molar-refractivity contribution in [3.05, 3.63) is 0 Å². The summed E-state index contributed by atoms with van der Waals surface area (Å²) in [4.78, 5) is 19.8. The number of nitrogens with one attached hydrogen (secondary N) is 1. The molecular weight excluding hydrogens is 239 g/mol. The standard InChI is InChI=1S/C8H13NO.C2HF3O2/c10-7-1-3-8(4-2-7)5-9-6-8;3-2(4,5)1(6)7/h9H,1-6H2;(H,6,7). The first-order chi connectivity index (χ1) is 7.75. The Morgan fingerprint density at radius 1 is 1.24 bits per heavy atom. The number of aliphatic carboxylic acids is 1. The van der Waals surface area contributed by atoms with Crippen LogP contribution in [0.4, 0.5) is 13.2 Å². The molecule has 0 aromatic rings. The molecule has 0 bridgehead atoms. The predicted molar refractivity (Wildman–Crippen MR) is 52.5 cm³/mol. The number of carboxylic acids is 1. The molecule has 1 heterocycles. The number of hydrogen-bond donors (Lipinski definition) is 2. The third kappa shape index (κ3) is 3.99. The Labute approximate surface area is 96.2 Å². The molecule has 0 radical (unpaired) electrons. The Bertz CT molecular complexity index is 298. The summed E-state index contributed by atoms with van der Waals surface area (Å²) in [5, 5.41) is 10.4. The van der Waals surface area contributed by atoms with E-state index in [9.17, 15) is 18.0 Å². The lowest BCUT2D eigenvalue weighted by Gasteiger charge is -2.45. The highest BCUT2D eigenvalue weighted by molar-refractivity contribution is 5.79. The molecule has 98 valence electrons. The molecule has 4 nitrogen and oxygen atoms in total. The van der Waals surface area contributed by atoms with Crippen molar-refractivity contribution in [2.24, 2.45) is 5.41 Å². The van der Waals surface area contributed by atoms with Gasteiger partial charge < -0.3 is 10.4 Å². The Kier molecular flexibility index (Phi) is 4.13. The van der Waals surface area contributed by atoms with Crippen LogP contribution >= 0.6 is 0 Å². The number of carbonyl (C=O) groups excluding carboxylic acids is 1. The minimum Gasteiger partial charge on any atom is -0.475 e. The van der Waals surface area contributed by atoms with Gasteiger partial charge in [-0.05, 0) is 18.3 Å². The fraction of sp³-hybridized carbons (Fsp3) is 0.800. The minimum atomic E-state index is -5.08. The first kappa shape index (κ1) is 14.0. The van der Waals surface area contributed by atoms with Gasteiger partial charge in [-0.25, -0.2) is 4.79 Å². The van der Waals surface area contributed by atoms with Crippen LogP contribution in [0.15, 0.2) is 0 Å². The van der Waals surface area contributed by atoms with E-state index in [-0.39, 0.29) is 0 Å². The monoisotopic (exact) mass is 253 g/mol. The number of carbonyl (C=O) groups is 2. The van der Waals surface area contributed by atoms with E-state index in [2.05, 4.69) is 5.32 Å². The molecular formula is C10H14F3NO3. The van der Waals surface area contributed by atoms with Gasteiger partial charge in [-0.1, -0.05) is 0 Å². The average Bonchev–Trinajstić information content (AvgIpc) is 2.16. The number of halogens is 3. The summed E-state index contributed by atoms with van der Waals surface area (Å²) in [6.45, 7) is 2.31. The summed E-state index contributed by atoms with van der Waals surface area (Å²) < 4.78 is 31.7. The van der Waals surface area contributed by atoms with Gasteiger partial charge in [0, 0.05) is 25.9 Å². The Morgan fingerprint density at radius 2 is 1.65 bits per heavy atom. The van der Waals surface area contributed by atoms with Crippen molar-refractivity contribution in [2.45, 2.75) is 31.9 Å². The largest absolute Gasteiger partial charge is 0.490 e. The normalized spacial score (nSPS) is 22.4. The summed E-state index contributed by atoms with van der Waals surface area (Å²) in [5.41, 5.74) is 0.550. The van der Waals surface area contributed by atoms with E-state index >= 15 is 0 Å². The molecule has 2 rings (SSSR count). The van der Waals surface area contributed by atoms with E-state index in [0.29, 0.717) is 11.2 Å². The molecule has 1 aliphatic heterocycles. The second-order valence-corrected chi connectivity index (χ2v) is 4.45. The molecule has 0 aromatic heterocycles. The van der Waals surface area contributed by atoms with Crippen LogP contribution in [0.2, 0.25) is 0 Å².